The summed E-state index contributed by atoms with van der Waals surface area (Å²) in [6.07, 6.45) is 0. The maximum Gasteiger partial charge on any atom is 0.185 e. The zero-order chi connectivity index (χ0) is 12.7. The van der Waals surface area contributed by atoms with Gasteiger partial charge in [-0.15, -0.1) is 10.2 Å². The molecular weight excluding hydrogens is 233 g/mol. The molecule has 2 heterocycles. The number of anilines is 1. The molecule has 2 aromatic heterocycles. The molecular formula is C12H10FN5. The first-order valence-electron chi connectivity index (χ1n) is 5.39. The van der Waals surface area contributed by atoms with Gasteiger partial charge in [0.05, 0.1) is 11.4 Å². The van der Waals surface area contributed by atoms with E-state index in [4.69, 9.17) is 5.73 Å². The summed E-state index contributed by atoms with van der Waals surface area (Å²) >= 11 is 0. The van der Waals surface area contributed by atoms with Gasteiger partial charge in [-0.3, -0.25) is 0 Å². The topological polar surface area (TPSA) is 69.1 Å². The van der Waals surface area contributed by atoms with E-state index in [1.54, 1.807) is 10.6 Å². The van der Waals surface area contributed by atoms with Crippen molar-refractivity contribution in [1.82, 2.24) is 19.8 Å². The zero-order valence-corrected chi connectivity index (χ0v) is 9.63. The van der Waals surface area contributed by atoms with E-state index in [0.29, 0.717) is 17.0 Å². The Morgan fingerprint density at radius 3 is 2.78 bits per heavy atom. The van der Waals surface area contributed by atoms with E-state index in [-0.39, 0.29) is 5.69 Å². The van der Waals surface area contributed by atoms with E-state index in [1.165, 1.54) is 12.1 Å². The van der Waals surface area contributed by atoms with Crippen molar-refractivity contribution in [1.29, 1.82) is 0 Å². The van der Waals surface area contributed by atoms with Crippen LogP contribution in [-0.4, -0.2) is 19.8 Å². The highest BCUT2D eigenvalue weighted by molar-refractivity contribution is 5.61. The fourth-order valence-electron chi connectivity index (χ4n) is 1.73. The monoisotopic (exact) mass is 243 g/mol. The molecule has 0 aliphatic carbocycles. The Bertz CT molecular complexity index is 734. The summed E-state index contributed by atoms with van der Waals surface area (Å²) < 4.78 is 15.0. The van der Waals surface area contributed by atoms with Gasteiger partial charge in [-0.05, 0) is 37.3 Å². The summed E-state index contributed by atoms with van der Waals surface area (Å²) in [5.74, 6) is 0.0181. The predicted molar refractivity (Wildman–Crippen MR) is 65.3 cm³/mol. The van der Waals surface area contributed by atoms with Crippen LogP contribution in [0.1, 0.15) is 5.69 Å². The Hall–Kier alpha value is -2.50. The minimum Gasteiger partial charge on any atom is -0.396 e. The lowest BCUT2D eigenvalue weighted by Gasteiger charge is -2.01. The molecule has 0 radical (unpaired) electrons. The van der Waals surface area contributed by atoms with Crippen LogP contribution in [0.25, 0.3) is 17.0 Å². The first kappa shape index (κ1) is 10.6. The number of rotatable bonds is 1. The average Bonchev–Trinajstić information content (AvgIpc) is 2.75. The summed E-state index contributed by atoms with van der Waals surface area (Å²) in [5, 5.41) is 12.3. The molecule has 0 aliphatic rings. The first-order chi connectivity index (χ1) is 8.65. The number of benzene rings is 1. The first-order valence-corrected chi connectivity index (χ1v) is 5.39. The van der Waals surface area contributed by atoms with Crippen LogP contribution in [0, 0.1) is 12.7 Å². The fraction of sp³-hybridized carbons (Fsp3) is 0.0833. The highest BCUT2D eigenvalue weighted by Gasteiger charge is 2.10. The second-order valence-electron chi connectivity index (χ2n) is 4.00. The smallest absolute Gasteiger partial charge is 0.185 e. The highest BCUT2D eigenvalue weighted by atomic mass is 19.1. The predicted octanol–water partition coefficient (Wildman–Crippen LogP) is 1.82. The van der Waals surface area contributed by atoms with Crippen molar-refractivity contribution >= 4 is 11.3 Å². The minimum atomic E-state index is -0.475. The number of aryl methyl sites for hydroxylation is 1. The van der Waals surface area contributed by atoms with Gasteiger partial charge in [-0.1, -0.05) is 0 Å². The SMILES string of the molecule is Cc1ccc2nnc(-c3ccc(N)c(F)c3)n2n1. The maximum absolute atomic E-state index is 13.4. The van der Waals surface area contributed by atoms with Crippen molar-refractivity contribution in [2.75, 3.05) is 5.73 Å². The molecule has 0 fully saturated rings. The Kier molecular flexibility index (Phi) is 2.22. The lowest BCUT2D eigenvalue weighted by molar-refractivity contribution is 0.632. The standard InChI is InChI=1S/C12H10FN5/c1-7-2-5-11-15-16-12(18(11)17-7)8-3-4-10(14)9(13)6-8/h2-6H,14H2,1H3. The molecule has 3 rings (SSSR count). The molecule has 90 valence electrons. The third-order valence-corrected chi connectivity index (χ3v) is 2.65. The van der Waals surface area contributed by atoms with E-state index in [0.717, 1.165) is 5.69 Å². The van der Waals surface area contributed by atoms with Crippen LogP contribution in [-0.2, 0) is 0 Å². The molecule has 0 spiro atoms. The lowest BCUT2D eigenvalue weighted by atomic mass is 10.2. The molecule has 3 aromatic rings. The summed E-state index contributed by atoms with van der Waals surface area (Å²) in [4.78, 5) is 0. The molecule has 0 unspecified atom stereocenters. The van der Waals surface area contributed by atoms with E-state index < -0.39 is 5.82 Å². The number of nitrogens with two attached hydrogens (primary N) is 1. The van der Waals surface area contributed by atoms with Crippen molar-refractivity contribution in [3.63, 3.8) is 0 Å². The van der Waals surface area contributed by atoms with E-state index in [9.17, 15) is 4.39 Å². The third-order valence-electron chi connectivity index (χ3n) is 2.65. The Balaban J connectivity index is 2.24. The average molecular weight is 243 g/mol. The number of halogens is 1. The molecule has 5 nitrogen and oxygen atoms in total. The largest absolute Gasteiger partial charge is 0.396 e. The van der Waals surface area contributed by atoms with Crippen molar-refractivity contribution in [2.24, 2.45) is 0 Å². The second kappa shape index (κ2) is 3.76. The van der Waals surface area contributed by atoms with Crippen molar-refractivity contribution in [3.8, 4) is 11.4 Å². The zero-order valence-electron chi connectivity index (χ0n) is 9.63. The number of nitrogens with zero attached hydrogens (tertiary/aromatic N) is 4. The molecule has 0 atom stereocenters. The van der Waals surface area contributed by atoms with Crippen LogP contribution in [0.4, 0.5) is 10.1 Å². The number of hydrogen-bond donors (Lipinski definition) is 1. The fourth-order valence-corrected chi connectivity index (χ4v) is 1.73. The summed E-state index contributed by atoms with van der Waals surface area (Å²) in [5.41, 5.74) is 7.59. The third kappa shape index (κ3) is 1.58. The van der Waals surface area contributed by atoms with E-state index >= 15 is 0 Å². The number of fused-ring (bicyclic) bond motifs is 1. The molecule has 0 saturated heterocycles. The van der Waals surface area contributed by atoms with Gasteiger partial charge in [0.2, 0.25) is 0 Å². The van der Waals surface area contributed by atoms with Gasteiger partial charge in [0.1, 0.15) is 5.82 Å². The van der Waals surface area contributed by atoms with Crippen LogP contribution in [0.15, 0.2) is 30.3 Å². The van der Waals surface area contributed by atoms with E-state index in [2.05, 4.69) is 15.3 Å². The Labute approximate surface area is 102 Å². The number of aromatic nitrogens is 4. The number of nitrogen functional groups attached to an aromatic ring is 1. The molecule has 0 bridgehead atoms. The van der Waals surface area contributed by atoms with Crippen LogP contribution in [0.5, 0.6) is 0 Å². The molecule has 1 aromatic carbocycles. The molecule has 6 heteroatoms. The summed E-state index contributed by atoms with van der Waals surface area (Å²) in [7, 11) is 0. The molecule has 18 heavy (non-hydrogen) atoms. The molecule has 2 N–H and O–H groups in total. The van der Waals surface area contributed by atoms with Crippen molar-refractivity contribution in [3.05, 3.63) is 41.8 Å². The summed E-state index contributed by atoms with van der Waals surface area (Å²) in [6, 6.07) is 8.18. The van der Waals surface area contributed by atoms with Crippen LogP contribution in [0.3, 0.4) is 0 Å². The summed E-state index contributed by atoms with van der Waals surface area (Å²) in [6.45, 7) is 1.87. The van der Waals surface area contributed by atoms with Gasteiger partial charge >= 0.3 is 0 Å². The van der Waals surface area contributed by atoms with Crippen LogP contribution < -0.4 is 5.73 Å². The number of hydrogen-bond acceptors (Lipinski definition) is 4. The Morgan fingerprint density at radius 2 is 2.00 bits per heavy atom. The van der Waals surface area contributed by atoms with Crippen molar-refractivity contribution < 1.29 is 4.39 Å². The van der Waals surface area contributed by atoms with Crippen LogP contribution in [0.2, 0.25) is 0 Å². The Morgan fingerprint density at radius 1 is 1.17 bits per heavy atom. The van der Waals surface area contributed by atoms with Gasteiger partial charge in [0.25, 0.3) is 0 Å². The second-order valence-corrected chi connectivity index (χ2v) is 4.00. The molecule has 0 aliphatic heterocycles. The van der Waals surface area contributed by atoms with Crippen LogP contribution >= 0.6 is 0 Å². The molecule has 0 saturated carbocycles. The highest BCUT2D eigenvalue weighted by Crippen LogP contribution is 2.21. The quantitative estimate of drug-likeness (QED) is 0.662. The van der Waals surface area contributed by atoms with Gasteiger partial charge in [0.15, 0.2) is 11.5 Å². The maximum atomic E-state index is 13.4. The van der Waals surface area contributed by atoms with Crippen molar-refractivity contribution in [2.45, 2.75) is 6.92 Å². The van der Waals surface area contributed by atoms with Gasteiger partial charge in [-0.2, -0.15) is 9.61 Å². The lowest BCUT2D eigenvalue weighted by Crippen LogP contribution is -1.98. The normalized spacial score (nSPS) is 11.0. The van der Waals surface area contributed by atoms with Gasteiger partial charge in [0, 0.05) is 5.56 Å². The van der Waals surface area contributed by atoms with E-state index in [1.807, 2.05) is 19.1 Å². The van der Waals surface area contributed by atoms with Gasteiger partial charge in [-0.25, -0.2) is 4.39 Å². The minimum absolute atomic E-state index is 0.108. The van der Waals surface area contributed by atoms with Gasteiger partial charge < -0.3 is 5.73 Å². The molecule has 0 amide bonds.